The molecule has 0 saturated heterocycles. The monoisotopic (exact) mass is 172 g/mol. The van der Waals surface area contributed by atoms with Crippen LogP contribution in [0.25, 0.3) is 5.57 Å². The molecule has 13 heavy (non-hydrogen) atoms. The van der Waals surface area contributed by atoms with Crippen LogP contribution in [0, 0.1) is 6.92 Å². The van der Waals surface area contributed by atoms with E-state index in [4.69, 9.17) is 0 Å². The van der Waals surface area contributed by atoms with Gasteiger partial charge in [0.05, 0.1) is 0 Å². The maximum atomic E-state index is 10.7. The molecule has 0 saturated carbocycles. The fourth-order valence-corrected chi connectivity index (χ4v) is 1.22. The van der Waals surface area contributed by atoms with Crippen molar-refractivity contribution in [2.24, 2.45) is 0 Å². The van der Waals surface area contributed by atoms with Crippen molar-refractivity contribution >= 4 is 11.9 Å². The lowest BCUT2D eigenvalue weighted by atomic mass is 10.0. The second-order valence-electron chi connectivity index (χ2n) is 2.79. The van der Waals surface area contributed by atoms with Crippen LogP contribution in [0.4, 0.5) is 0 Å². The molecule has 1 nitrogen and oxygen atoms in total. The van der Waals surface area contributed by atoms with E-state index in [9.17, 15) is 4.79 Å². The van der Waals surface area contributed by atoms with Crippen molar-refractivity contribution < 1.29 is 4.79 Å². The number of benzene rings is 1. The van der Waals surface area contributed by atoms with Gasteiger partial charge in [0.2, 0.25) is 0 Å². The molecular weight excluding hydrogens is 160 g/mol. The predicted octanol–water partition coefficient (Wildman–Crippen LogP) is 2.76. The first-order valence-corrected chi connectivity index (χ1v) is 4.13. The molecule has 1 rings (SSSR count). The van der Waals surface area contributed by atoms with Crippen LogP contribution in [-0.2, 0) is 4.79 Å². The van der Waals surface area contributed by atoms with Crippen molar-refractivity contribution in [2.45, 2.75) is 6.92 Å². The number of hydrogen-bond donors (Lipinski definition) is 0. The zero-order valence-corrected chi connectivity index (χ0v) is 7.66. The minimum absolute atomic E-state index is 0.674. The Morgan fingerprint density at radius 3 is 2.62 bits per heavy atom. The molecule has 0 heterocycles. The van der Waals surface area contributed by atoms with Gasteiger partial charge in [0, 0.05) is 5.57 Å². The molecule has 0 fully saturated rings. The lowest BCUT2D eigenvalue weighted by Crippen LogP contribution is -1.88. The third-order valence-corrected chi connectivity index (χ3v) is 1.88. The van der Waals surface area contributed by atoms with E-state index in [1.54, 1.807) is 12.2 Å². The molecule has 0 amide bonds. The summed E-state index contributed by atoms with van der Waals surface area (Å²) in [6, 6.07) is 7.78. The van der Waals surface area contributed by atoms with Gasteiger partial charge in [-0.1, -0.05) is 43.0 Å². The Hall–Kier alpha value is -1.63. The second-order valence-corrected chi connectivity index (χ2v) is 2.79. The molecule has 1 aromatic carbocycles. The number of hydrogen-bond acceptors (Lipinski definition) is 1. The zero-order valence-electron chi connectivity index (χ0n) is 7.66. The third kappa shape index (κ3) is 2.15. The summed E-state index contributed by atoms with van der Waals surface area (Å²) in [6.45, 7) is 5.55. The summed E-state index contributed by atoms with van der Waals surface area (Å²) in [4.78, 5) is 10.7. The van der Waals surface area contributed by atoms with E-state index in [-0.39, 0.29) is 0 Å². The van der Waals surface area contributed by atoms with Gasteiger partial charge in [-0.3, -0.25) is 4.79 Å². The first-order chi connectivity index (χ1) is 6.29. The Balaban J connectivity index is 3.19. The lowest BCUT2D eigenvalue weighted by Gasteiger charge is -2.02. The average molecular weight is 172 g/mol. The smallest absolute Gasteiger partial charge is 0.150 e. The van der Waals surface area contributed by atoms with Crippen molar-refractivity contribution in [3.05, 3.63) is 54.1 Å². The van der Waals surface area contributed by atoms with E-state index in [0.717, 1.165) is 17.4 Å². The molecule has 0 radical (unpaired) electrons. The Bertz CT molecular complexity index is 348. The van der Waals surface area contributed by atoms with E-state index < -0.39 is 0 Å². The molecule has 0 atom stereocenters. The van der Waals surface area contributed by atoms with Gasteiger partial charge in [0.15, 0.2) is 6.29 Å². The van der Waals surface area contributed by atoms with E-state index in [0.29, 0.717) is 5.57 Å². The SMILES string of the molecule is C=CC=C(C=O)c1ccccc1C. The molecule has 0 aromatic heterocycles. The Morgan fingerprint density at radius 2 is 2.08 bits per heavy atom. The van der Waals surface area contributed by atoms with E-state index in [1.807, 2.05) is 31.2 Å². The zero-order chi connectivity index (χ0) is 9.68. The first-order valence-electron chi connectivity index (χ1n) is 4.13. The van der Waals surface area contributed by atoms with Crippen LogP contribution >= 0.6 is 0 Å². The molecule has 1 heteroatoms. The van der Waals surface area contributed by atoms with Crippen LogP contribution in [0.1, 0.15) is 11.1 Å². The van der Waals surface area contributed by atoms with E-state index in [2.05, 4.69) is 6.58 Å². The molecule has 0 aliphatic heterocycles. The second kappa shape index (κ2) is 4.41. The van der Waals surface area contributed by atoms with Crippen LogP contribution < -0.4 is 0 Å². The summed E-state index contributed by atoms with van der Waals surface area (Å²) < 4.78 is 0. The quantitative estimate of drug-likeness (QED) is 0.389. The fraction of sp³-hybridized carbons (Fsp3) is 0.0833. The van der Waals surface area contributed by atoms with Crippen LogP contribution in [0.15, 0.2) is 43.0 Å². The molecule has 0 bridgehead atoms. The normalized spacial score (nSPS) is 11.0. The molecule has 1 aromatic rings. The van der Waals surface area contributed by atoms with Crippen LogP contribution in [0.2, 0.25) is 0 Å². The highest BCUT2D eigenvalue weighted by Crippen LogP contribution is 2.16. The third-order valence-electron chi connectivity index (χ3n) is 1.88. The van der Waals surface area contributed by atoms with Crippen molar-refractivity contribution in [3.8, 4) is 0 Å². The minimum Gasteiger partial charge on any atom is -0.298 e. The van der Waals surface area contributed by atoms with Crippen molar-refractivity contribution in [1.82, 2.24) is 0 Å². The molecule has 0 spiro atoms. The van der Waals surface area contributed by atoms with E-state index in [1.165, 1.54) is 0 Å². The minimum atomic E-state index is 0.674. The van der Waals surface area contributed by atoms with Crippen molar-refractivity contribution in [3.63, 3.8) is 0 Å². The maximum absolute atomic E-state index is 10.7. The van der Waals surface area contributed by atoms with Gasteiger partial charge < -0.3 is 0 Å². The fourth-order valence-electron chi connectivity index (χ4n) is 1.22. The number of aldehydes is 1. The average Bonchev–Trinajstić information content (AvgIpc) is 2.16. The van der Waals surface area contributed by atoms with Gasteiger partial charge in [0.25, 0.3) is 0 Å². The molecular formula is C12H12O. The highest BCUT2D eigenvalue weighted by molar-refractivity contribution is 6.07. The van der Waals surface area contributed by atoms with Crippen molar-refractivity contribution in [2.75, 3.05) is 0 Å². The highest BCUT2D eigenvalue weighted by atomic mass is 16.1. The van der Waals surface area contributed by atoms with Gasteiger partial charge in [0.1, 0.15) is 0 Å². The summed E-state index contributed by atoms with van der Waals surface area (Å²) in [5.74, 6) is 0. The number of allylic oxidation sites excluding steroid dienone is 3. The number of carbonyl (C=O) groups is 1. The van der Waals surface area contributed by atoms with Gasteiger partial charge in [-0.25, -0.2) is 0 Å². The maximum Gasteiger partial charge on any atom is 0.150 e. The molecule has 0 N–H and O–H groups in total. The van der Waals surface area contributed by atoms with Gasteiger partial charge in [-0.05, 0) is 18.1 Å². The summed E-state index contributed by atoms with van der Waals surface area (Å²) in [5.41, 5.74) is 2.74. The first kappa shape index (κ1) is 9.46. The summed E-state index contributed by atoms with van der Waals surface area (Å²) >= 11 is 0. The van der Waals surface area contributed by atoms with Gasteiger partial charge in [-0.15, -0.1) is 0 Å². The Labute approximate surface area is 78.4 Å². The number of aryl methyl sites for hydroxylation is 1. The van der Waals surface area contributed by atoms with Crippen LogP contribution in [0.5, 0.6) is 0 Å². The topological polar surface area (TPSA) is 17.1 Å². The Kier molecular flexibility index (Phi) is 3.21. The van der Waals surface area contributed by atoms with Crippen molar-refractivity contribution in [1.29, 1.82) is 0 Å². The standard InChI is InChI=1S/C12H12O/c1-3-6-11(9-13)12-8-5-4-7-10(12)2/h3-9H,1H2,2H3. The molecule has 0 unspecified atom stereocenters. The molecule has 66 valence electrons. The van der Waals surface area contributed by atoms with Gasteiger partial charge >= 0.3 is 0 Å². The predicted molar refractivity (Wildman–Crippen MR) is 55.4 cm³/mol. The lowest BCUT2D eigenvalue weighted by molar-refractivity contribution is -0.103. The van der Waals surface area contributed by atoms with Crippen LogP contribution in [0.3, 0.4) is 0 Å². The summed E-state index contributed by atoms with van der Waals surface area (Å²) in [7, 11) is 0. The summed E-state index contributed by atoms with van der Waals surface area (Å²) in [6.07, 6.45) is 4.19. The van der Waals surface area contributed by atoms with Crippen LogP contribution in [-0.4, -0.2) is 6.29 Å². The largest absolute Gasteiger partial charge is 0.298 e. The Morgan fingerprint density at radius 1 is 1.38 bits per heavy atom. The number of rotatable bonds is 3. The summed E-state index contributed by atoms with van der Waals surface area (Å²) in [5, 5.41) is 0. The highest BCUT2D eigenvalue weighted by Gasteiger charge is 2.00. The number of carbonyl (C=O) groups excluding carboxylic acids is 1. The van der Waals surface area contributed by atoms with Gasteiger partial charge in [-0.2, -0.15) is 0 Å². The van der Waals surface area contributed by atoms with E-state index >= 15 is 0 Å². The molecule has 0 aliphatic rings. The molecule has 0 aliphatic carbocycles.